The third-order valence-corrected chi connectivity index (χ3v) is 3.16. The first-order valence-electron chi connectivity index (χ1n) is 6.64. The Morgan fingerprint density at radius 3 is 2.95 bits per heavy atom. The van der Waals surface area contributed by atoms with Gasteiger partial charge in [0.1, 0.15) is 12.2 Å². The van der Waals surface area contributed by atoms with Gasteiger partial charge in [0.15, 0.2) is 0 Å². The molecule has 1 atom stereocenters. The number of rotatable bonds is 6. The molecule has 2 rings (SSSR count). The maximum absolute atomic E-state index is 5.69. The van der Waals surface area contributed by atoms with E-state index >= 15 is 0 Å². The van der Waals surface area contributed by atoms with E-state index in [0.29, 0.717) is 0 Å². The van der Waals surface area contributed by atoms with Gasteiger partial charge in [0.2, 0.25) is 0 Å². The zero-order chi connectivity index (χ0) is 13.7. The Labute approximate surface area is 113 Å². The Morgan fingerprint density at radius 2 is 2.26 bits per heavy atom. The fourth-order valence-corrected chi connectivity index (χ4v) is 2.19. The summed E-state index contributed by atoms with van der Waals surface area (Å²) >= 11 is 0. The van der Waals surface area contributed by atoms with Crippen molar-refractivity contribution in [3.63, 3.8) is 0 Å². The van der Waals surface area contributed by atoms with Crippen LogP contribution in [0.1, 0.15) is 36.3 Å². The number of nitrogens with zero attached hydrogens (tertiary/aromatic N) is 3. The molecule has 19 heavy (non-hydrogen) atoms. The lowest BCUT2D eigenvalue weighted by molar-refractivity contribution is 0.499. The van der Waals surface area contributed by atoms with Gasteiger partial charge in [-0.3, -0.25) is 16.0 Å². The van der Waals surface area contributed by atoms with Crippen molar-refractivity contribution in [2.24, 2.45) is 5.84 Å². The fourth-order valence-electron chi connectivity index (χ4n) is 2.19. The van der Waals surface area contributed by atoms with Gasteiger partial charge in [0, 0.05) is 13.0 Å². The predicted octanol–water partition coefficient (Wildman–Crippen LogP) is 1.74. The summed E-state index contributed by atoms with van der Waals surface area (Å²) in [5.74, 6) is 6.65. The van der Waals surface area contributed by atoms with E-state index in [-0.39, 0.29) is 6.04 Å². The van der Waals surface area contributed by atoms with Gasteiger partial charge >= 0.3 is 0 Å². The van der Waals surface area contributed by atoms with Gasteiger partial charge in [-0.05, 0) is 18.9 Å². The van der Waals surface area contributed by atoms with Crippen LogP contribution >= 0.6 is 0 Å². The van der Waals surface area contributed by atoms with Crippen LogP contribution < -0.4 is 11.3 Å². The quantitative estimate of drug-likeness (QED) is 0.612. The van der Waals surface area contributed by atoms with E-state index in [9.17, 15) is 0 Å². The molecule has 0 saturated carbocycles. The molecule has 0 aliphatic rings. The molecule has 0 saturated heterocycles. The standard InChI is InChI=1S/C14H21N5/c1-3-7-19-14(16-10-17-19)9-13(18-15)12-6-4-5-11(2)8-12/h4-6,8,10,13,18H,3,7,9,15H2,1-2H3. The monoisotopic (exact) mass is 259 g/mol. The van der Waals surface area contributed by atoms with Gasteiger partial charge in [-0.15, -0.1) is 0 Å². The third-order valence-electron chi connectivity index (χ3n) is 3.16. The Bertz CT molecular complexity index is 520. The molecule has 1 unspecified atom stereocenters. The van der Waals surface area contributed by atoms with Crippen LogP contribution in [0.2, 0.25) is 0 Å². The van der Waals surface area contributed by atoms with E-state index in [2.05, 4.69) is 47.6 Å². The van der Waals surface area contributed by atoms with E-state index in [1.807, 2.05) is 10.7 Å². The average molecular weight is 259 g/mol. The van der Waals surface area contributed by atoms with Crippen LogP contribution in [0.15, 0.2) is 30.6 Å². The lowest BCUT2D eigenvalue weighted by atomic mass is 10.0. The van der Waals surface area contributed by atoms with Crippen LogP contribution in [0.4, 0.5) is 0 Å². The van der Waals surface area contributed by atoms with Crippen LogP contribution in [0.5, 0.6) is 0 Å². The zero-order valence-electron chi connectivity index (χ0n) is 11.5. The minimum absolute atomic E-state index is 0.0553. The number of hydrogen-bond donors (Lipinski definition) is 2. The molecule has 1 aromatic heterocycles. The summed E-state index contributed by atoms with van der Waals surface area (Å²) in [6.07, 6.45) is 3.39. The van der Waals surface area contributed by atoms with Gasteiger partial charge in [-0.1, -0.05) is 36.8 Å². The summed E-state index contributed by atoms with van der Waals surface area (Å²) in [4.78, 5) is 4.33. The summed E-state index contributed by atoms with van der Waals surface area (Å²) in [5, 5.41) is 4.24. The van der Waals surface area contributed by atoms with E-state index in [4.69, 9.17) is 5.84 Å². The Balaban J connectivity index is 2.17. The first-order chi connectivity index (χ1) is 9.24. The molecule has 5 nitrogen and oxygen atoms in total. The molecular formula is C14H21N5. The SMILES string of the molecule is CCCn1ncnc1CC(NN)c1cccc(C)c1. The van der Waals surface area contributed by atoms with Gasteiger partial charge in [0.25, 0.3) is 0 Å². The molecule has 0 amide bonds. The first-order valence-corrected chi connectivity index (χ1v) is 6.64. The van der Waals surface area contributed by atoms with Crippen LogP contribution in [-0.2, 0) is 13.0 Å². The van der Waals surface area contributed by atoms with Crippen molar-refractivity contribution in [2.45, 2.75) is 39.3 Å². The highest BCUT2D eigenvalue weighted by molar-refractivity contribution is 5.25. The molecule has 1 aromatic carbocycles. The van der Waals surface area contributed by atoms with E-state index < -0.39 is 0 Å². The first kappa shape index (κ1) is 13.7. The van der Waals surface area contributed by atoms with Crippen LogP contribution in [-0.4, -0.2) is 14.8 Å². The Kier molecular flexibility index (Phi) is 4.65. The molecule has 0 aliphatic carbocycles. The summed E-state index contributed by atoms with van der Waals surface area (Å²) in [6, 6.07) is 8.41. The minimum Gasteiger partial charge on any atom is -0.271 e. The largest absolute Gasteiger partial charge is 0.271 e. The van der Waals surface area contributed by atoms with Crippen molar-refractivity contribution in [3.05, 3.63) is 47.5 Å². The molecule has 0 aliphatic heterocycles. The second kappa shape index (κ2) is 6.45. The number of benzene rings is 1. The highest BCUT2D eigenvalue weighted by Gasteiger charge is 2.14. The van der Waals surface area contributed by atoms with Crippen LogP contribution in [0, 0.1) is 6.92 Å². The molecule has 0 radical (unpaired) electrons. The van der Waals surface area contributed by atoms with E-state index in [1.165, 1.54) is 11.1 Å². The normalized spacial score (nSPS) is 12.6. The summed E-state index contributed by atoms with van der Waals surface area (Å²) in [7, 11) is 0. The molecule has 2 aromatic rings. The smallest absolute Gasteiger partial charge is 0.138 e. The van der Waals surface area contributed by atoms with Crippen molar-refractivity contribution in [1.29, 1.82) is 0 Å². The summed E-state index contributed by atoms with van der Waals surface area (Å²) < 4.78 is 1.94. The van der Waals surface area contributed by atoms with E-state index in [1.54, 1.807) is 6.33 Å². The van der Waals surface area contributed by atoms with Gasteiger partial charge in [-0.25, -0.2) is 4.98 Å². The van der Waals surface area contributed by atoms with Gasteiger partial charge < -0.3 is 0 Å². The maximum atomic E-state index is 5.69. The number of hydrazine groups is 1. The topological polar surface area (TPSA) is 68.8 Å². The average Bonchev–Trinajstić information content (AvgIpc) is 2.84. The second-order valence-corrected chi connectivity index (χ2v) is 4.74. The Hall–Kier alpha value is -1.72. The highest BCUT2D eigenvalue weighted by atomic mass is 15.3. The predicted molar refractivity (Wildman–Crippen MR) is 75.3 cm³/mol. The van der Waals surface area contributed by atoms with Crippen LogP contribution in [0.25, 0.3) is 0 Å². The number of hydrogen-bond acceptors (Lipinski definition) is 4. The lowest BCUT2D eigenvalue weighted by Crippen LogP contribution is -2.30. The molecule has 102 valence electrons. The molecule has 0 bridgehead atoms. The fraction of sp³-hybridized carbons (Fsp3) is 0.429. The third kappa shape index (κ3) is 3.39. The minimum atomic E-state index is 0.0553. The van der Waals surface area contributed by atoms with Crippen molar-refractivity contribution in [1.82, 2.24) is 20.2 Å². The second-order valence-electron chi connectivity index (χ2n) is 4.74. The van der Waals surface area contributed by atoms with Crippen molar-refractivity contribution in [2.75, 3.05) is 0 Å². The summed E-state index contributed by atoms with van der Waals surface area (Å²) in [5.41, 5.74) is 5.28. The molecule has 3 N–H and O–H groups in total. The van der Waals surface area contributed by atoms with Crippen molar-refractivity contribution < 1.29 is 0 Å². The molecular weight excluding hydrogens is 238 g/mol. The van der Waals surface area contributed by atoms with Crippen molar-refractivity contribution in [3.8, 4) is 0 Å². The van der Waals surface area contributed by atoms with Crippen LogP contribution in [0.3, 0.4) is 0 Å². The maximum Gasteiger partial charge on any atom is 0.138 e. The molecule has 1 heterocycles. The van der Waals surface area contributed by atoms with Gasteiger partial charge in [0.05, 0.1) is 6.04 Å². The summed E-state index contributed by atoms with van der Waals surface area (Å²) in [6.45, 7) is 5.10. The Morgan fingerprint density at radius 1 is 1.42 bits per heavy atom. The highest BCUT2D eigenvalue weighted by Crippen LogP contribution is 2.17. The number of aryl methyl sites for hydroxylation is 2. The number of nitrogens with two attached hydrogens (primary N) is 1. The molecule has 0 spiro atoms. The van der Waals surface area contributed by atoms with E-state index in [0.717, 1.165) is 25.2 Å². The number of aromatic nitrogens is 3. The zero-order valence-corrected chi connectivity index (χ0v) is 11.5. The van der Waals surface area contributed by atoms with Crippen molar-refractivity contribution >= 4 is 0 Å². The lowest BCUT2D eigenvalue weighted by Gasteiger charge is -2.16. The number of nitrogens with one attached hydrogen (secondary N) is 1. The molecule has 5 heteroatoms. The molecule has 0 fully saturated rings. The van der Waals surface area contributed by atoms with Gasteiger partial charge in [-0.2, -0.15) is 5.10 Å².